The quantitative estimate of drug-likeness (QED) is 0.467. The highest BCUT2D eigenvalue weighted by molar-refractivity contribution is 8.23. The van der Waals surface area contributed by atoms with Gasteiger partial charge in [-0.3, -0.25) is 18.7 Å². The molecule has 0 spiro atoms. The maximum absolute atomic E-state index is 14.4. The summed E-state index contributed by atoms with van der Waals surface area (Å²) < 4.78 is 47.5. The zero-order valence-electron chi connectivity index (χ0n) is 19.1. The van der Waals surface area contributed by atoms with E-state index in [1.54, 1.807) is 4.90 Å². The molecule has 4 N–H and O–H groups in total. The van der Waals surface area contributed by atoms with Crippen molar-refractivity contribution < 1.29 is 28.9 Å². The van der Waals surface area contributed by atoms with Crippen molar-refractivity contribution in [2.75, 3.05) is 31.2 Å². The smallest absolute Gasteiger partial charge is 0.262 e. The maximum Gasteiger partial charge on any atom is 0.262 e. The molecule has 1 aromatic rings. The van der Waals surface area contributed by atoms with Gasteiger partial charge in [0.15, 0.2) is 5.67 Å². The highest BCUT2D eigenvalue weighted by Gasteiger charge is 2.38. The number of hydrogen-bond donors (Lipinski definition) is 4. The molecule has 3 rings (SSSR count). The standard InChI is InChI=1S/C22H32F2N4O4S.H2/c1-14(25-21(30)22(2,3)24)27-10-7-15(8-11-27)28-12-9-19(20(28)29)26-18-6-5-16(13-17(18)23)33(4,31)32;/h5-6,13,15,19,26,31-32H,1,7-12H2,2-4H3,(H,25,30);1H/t19-;/m0./s1. The van der Waals surface area contributed by atoms with Crippen LogP contribution < -0.4 is 10.6 Å². The minimum atomic E-state index is -3.02. The van der Waals surface area contributed by atoms with Crippen LogP contribution >= 0.6 is 10.6 Å². The zero-order valence-corrected chi connectivity index (χ0v) is 19.9. The minimum Gasteiger partial charge on any atom is -0.371 e. The Labute approximate surface area is 195 Å². The van der Waals surface area contributed by atoms with Crippen molar-refractivity contribution >= 4 is 28.1 Å². The number of carbonyl (C=O) groups excluding carboxylic acids is 2. The summed E-state index contributed by atoms with van der Waals surface area (Å²) in [6.45, 7) is 7.88. The van der Waals surface area contributed by atoms with Crippen LogP contribution in [0.3, 0.4) is 0 Å². The van der Waals surface area contributed by atoms with Crippen LogP contribution in [-0.4, -0.2) is 74.4 Å². The topological polar surface area (TPSA) is 105 Å². The number of rotatable bonds is 7. The van der Waals surface area contributed by atoms with Crippen molar-refractivity contribution in [2.45, 2.75) is 55.8 Å². The van der Waals surface area contributed by atoms with Gasteiger partial charge < -0.3 is 20.4 Å². The van der Waals surface area contributed by atoms with Gasteiger partial charge in [0.25, 0.3) is 5.91 Å². The lowest BCUT2D eigenvalue weighted by molar-refractivity contribution is -0.131. The number of nitrogens with zero attached hydrogens (tertiary/aromatic N) is 2. The van der Waals surface area contributed by atoms with Crippen molar-refractivity contribution in [1.29, 1.82) is 0 Å². The van der Waals surface area contributed by atoms with E-state index >= 15 is 0 Å². The van der Waals surface area contributed by atoms with Crippen LogP contribution in [-0.2, 0) is 9.59 Å². The van der Waals surface area contributed by atoms with Gasteiger partial charge in [0.2, 0.25) is 5.91 Å². The summed E-state index contributed by atoms with van der Waals surface area (Å²) in [5.41, 5.74) is -1.86. The molecule has 2 aliphatic rings. The Morgan fingerprint density at radius 2 is 1.88 bits per heavy atom. The van der Waals surface area contributed by atoms with Crippen LogP contribution in [0.15, 0.2) is 35.5 Å². The van der Waals surface area contributed by atoms with Crippen molar-refractivity contribution in [3.8, 4) is 0 Å². The molecule has 2 saturated heterocycles. The second kappa shape index (κ2) is 9.47. The van der Waals surface area contributed by atoms with E-state index in [2.05, 4.69) is 17.2 Å². The molecule has 0 bridgehead atoms. The summed E-state index contributed by atoms with van der Waals surface area (Å²) >= 11 is 0. The second-order valence-electron chi connectivity index (χ2n) is 9.08. The highest BCUT2D eigenvalue weighted by atomic mass is 32.3. The molecule has 186 valence electrons. The molecule has 2 fully saturated rings. The molecule has 1 aromatic carbocycles. The lowest BCUT2D eigenvalue weighted by atomic mass is 10.0. The monoisotopic (exact) mass is 488 g/mol. The van der Waals surface area contributed by atoms with Crippen molar-refractivity contribution in [1.82, 2.24) is 15.1 Å². The number of halogens is 2. The van der Waals surface area contributed by atoms with Crippen LogP contribution in [0.5, 0.6) is 0 Å². The van der Waals surface area contributed by atoms with Crippen LogP contribution in [0.1, 0.15) is 34.5 Å². The first kappa shape index (κ1) is 25.3. The van der Waals surface area contributed by atoms with Gasteiger partial charge in [-0.1, -0.05) is 6.58 Å². The number of hydrogen-bond acceptors (Lipinski definition) is 6. The average Bonchev–Trinajstić information content (AvgIpc) is 3.08. The molecule has 11 heteroatoms. The fourth-order valence-electron chi connectivity index (χ4n) is 4.05. The van der Waals surface area contributed by atoms with Crippen LogP contribution in [0.4, 0.5) is 14.5 Å². The largest absolute Gasteiger partial charge is 0.371 e. The highest BCUT2D eigenvalue weighted by Crippen LogP contribution is 2.44. The van der Waals surface area contributed by atoms with Gasteiger partial charge in [0.1, 0.15) is 17.7 Å². The first-order valence-corrected chi connectivity index (χ1v) is 12.8. The number of likely N-dealkylation sites (tertiary alicyclic amines) is 2. The molecular formula is C22H34F2N4O4S. The zero-order chi connectivity index (χ0) is 24.6. The van der Waals surface area contributed by atoms with Crippen molar-refractivity contribution in [3.63, 3.8) is 0 Å². The van der Waals surface area contributed by atoms with Gasteiger partial charge in [-0.15, -0.1) is 0 Å². The Balaban J connectivity index is 0.00000408. The molecule has 0 aromatic heterocycles. The molecule has 2 aliphatic heterocycles. The SMILES string of the molecule is C=C(NC(=O)C(C)(C)F)N1CCC(N2CC[C@H](Nc3ccc(S(C)(O)O)cc3F)C2=O)CC1.[HH]. The molecule has 33 heavy (non-hydrogen) atoms. The fourth-order valence-corrected chi connectivity index (χ4v) is 4.70. The molecule has 0 unspecified atom stereocenters. The molecule has 0 aliphatic carbocycles. The van der Waals surface area contributed by atoms with E-state index in [-0.39, 0.29) is 24.0 Å². The summed E-state index contributed by atoms with van der Waals surface area (Å²) in [5, 5.41) is 5.44. The Morgan fingerprint density at radius 1 is 1.24 bits per heavy atom. The summed E-state index contributed by atoms with van der Waals surface area (Å²) in [7, 11) is -3.02. The third-order valence-electron chi connectivity index (χ3n) is 6.04. The van der Waals surface area contributed by atoms with Gasteiger partial charge in [0.05, 0.1) is 10.6 Å². The second-order valence-corrected chi connectivity index (χ2v) is 11.2. The Hall–Kier alpha value is -2.37. The predicted octanol–water partition coefficient (Wildman–Crippen LogP) is 3.62. The van der Waals surface area contributed by atoms with E-state index in [9.17, 15) is 27.5 Å². The average molecular weight is 489 g/mol. The van der Waals surface area contributed by atoms with Crippen LogP contribution in [0.2, 0.25) is 0 Å². The number of nitrogens with one attached hydrogen (secondary N) is 2. The Kier molecular flexibility index (Phi) is 7.25. The van der Waals surface area contributed by atoms with Crippen LogP contribution in [0.25, 0.3) is 0 Å². The molecule has 2 amide bonds. The number of benzene rings is 1. The summed E-state index contributed by atoms with van der Waals surface area (Å²) in [6, 6.07) is 3.37. The third-order valence-corrected chi connectivity index (χ3v) is 7.19. The maximum atomic E-state index is 14.4. The van der Waals surface area contributed by atoms with Gasteiger partial charge in [0, 0.05) is 33.4 Å². The van der Waals surface area contributed by atoms with E-state index in [4.69, 9.17) is 0 Å². The first-order chi connectivity index (χ1) is 15.3. The van der Waals surface area contributed by atoms with Crippen molar-refractivity contribution in [3.05, 3.63) is 36.4 Å². The van der Waals surface area contributed by atoms with E-state index in [1.807, 2.05) is 4.90 Å². The summed E-state index contributed by atoms with van der Waals surface area (Å²) in [6.07, 6.45) is 3.09. The minimum absolute atomic E-state index is 0. The Morgan fingerprint density at radius 3 is 2.42 bits per heavy atom. The van der Waals surface area contributed by atoms with Gasteiger partial charge in [-0.25, -0.2) is 8.78 Å². The molecule has 0 saturated carbocycles. The van der Waals surface area contributed by atoms with Gasteiger partial charge in [-0.2, -0.15) is 10.6 Å². The predicted molar refractivity (Wildman–Crippen MR) is 126 cm³/mol. The molecule has 1 atom stereocenters. The number of anilines is 1. The first-order valence-electron chi connectivity index (χ1n) is 10.8. The number of piperidine rings is 1. The molecular weight excluding hydrogens is 454 g/mol. The number of alkyl halides is 1. The summed E-state index contributed by atoms with van der Waals surface area (Å²) in [4.78, 5) is 28.6. The normalized spacial score (nSPS) is 20.7. The number of amides is 2. The molecule has 2 heterocycles. The van der Waals surface area contributed by atoms with Crippen LogP contribution in [0, 0.1) is 5.82 Å². The molecule has 0 radical (unpaired) electrons. The van der Waals surface area contributed by atoms with Gasteiger partial charge in [-0.05, 0) is 51.3 Å². The summed E-state index contributed by atoms with van der Waals surface area (Å²) in [5.74, 6) is -1.16. The fraction of sp³-hybridized carbons (Fsp3) is 0.545. The number of carbonyl (C=O) groups is 2. The van der Waals surface area contributed by atoms with E-state index in [0.717, 1.165) is 6.07 Å². The van der Waals surface area contributed by atoms with E-state index in [1.165, 1.54) is 32.2 Å². The van der Waals surface area contributed by atoms with E-state index < -0.39 is 34.0 Å². The lowest BCUT2D eigenvalue weighted by Crippen LogP contribution is -2.49. The lowest BCUT2D eigenvalue weighted by Gasteiger charge is -2.38. The van der Waals surface area contributed by atoms with Gasteiger partial charge >= 0.3 is 0 Å². The molecule has 8 nitrogen and oxygen atoms in total. The van der Waals surface area contributed by atoms with E-state index in [0.29, 0.717) is 44.7 Å². The van der Waals surface area contributed by atoms with Crippen molar-refractivity contribution in [2.24, 2.45) is 0 Å². The Bertz CT molecular complexity index is 930. The third kappa shape index (κ3) is 5.96.